The zero-order valence-electron chi connectivity index (χ0n) is 10.8. The number of aryl methyl sites for hydroxylation is 1. The van der Waals surface area contributed by atoms with E-state index in [4.69, 9.17) is 5.11 Å². The van der Waals surface area contributed by atoms with Crippen LogP contribution >= 0.6 is 0 Å². The van der Waals surface area contributed by atoms with Crippen LogP contribution in [0.15, 0.2) is 11.1 Å². The molecule has 0 aliphatic carbocycles. The maximum absolute atomic E-state index is 12.0. The Morgan fingerprint density at radius 1 is 1.45 bits per heavy atom. The number of sulfonamides is 1. The van der Waals surface area contributed by atoms with Crippen LogP contribution in [-0.4, -0.2) is 56.2 Å². The second kappa shape index (κ2) is 5.89. The van der Waals surface area contributed by atoms with E-state index < -0.39 is 37.6 Å². The lowest BCUT2D eigenvalue weighted by molar-refractivity contribution is -0.139. The van der Waals surface area contributed by atoms with Gasteiger partial charge in [-0.05, 0) is 13.3 Å². The molecular formula is C9H15N3O6S2. The molecule has 0 bridgehead atoms. The van der Waals surface area contributed by atoms with Crippen LogP contribution in [0, 0.1) is 6.92 Å². The summed E-state index contributed by atoms with van der Waals surface area (Å²) in [7, 11) is -7.47. The second-order valence-corrected chi connectivity index (χ2v) is 8.23. The minimum Gasteiger partial charge on any atom is -0.480 e. The normalized spacial score (nSPS) is 14.1. The van der Waals surface area contributed by atoms with Crippen molar-refractivity contribution in [1.29, 1.82) is 0 Å². The lowest BCUT2D eigenvalue weighted by Gasteiger charge is -2.13. The Bertz CT molecular complexity index is 691. The highest BCUT2D eigenvalue weighted by molar-refractivity contribution is 7.90. The lowest BCUT2D eigenvalue weighted by atomic mass is 10.2. The highest BCUT2D eigenvalue weighted by Gasteiger charge is 2.28. The van der Waals surface area contributed by atoms with Gasteiger partial charge in [0.25, 0.3) is 0 Å². The lowest BCUT2D eigenvalue weighted by Crippen LogP contribution is -2.41. The molecule has 1 rings (SSSR count). The molecule has 0 radical (unpaired) electrons. The number of aliphatic carboxylic acids is 1. The van der Waals surface area contributed by atoms with E-state index in [0.29, 0.717) is 0 Å². The molecule has 1 atom stereocenters. The maximum Gasteiger partial charge on any atom is 0.321 e. The monoisotopic (exact) mass is 325 g/mol. The molecule has 0 fully saturated rings. The number of aromatic nitrogens is 2. The smallest absolute Gasteiger partial charge is 0.321 e. The van der Waals surface area contributed by atoms with Crippen LogP contribution in [-0.2, 0) is 24.7 Å². The fraction of sp³-hybridized carbons (Fsp3) is 0.556. The van der Waals surface area contributed by atoms with Crippen molar-refractivity contribution in [2.45, 2.75) is 24.3 Å². The minimum absolute atomic E-state index is 0.178. The fourth-order valence-electron chi connectivity index (χ4n) is 1.43. The summed E-state index contributed by atoms with van der Waals surface area (Å²) >= 11 is 0. The zero-order chi connectivity index (χ0) is 15.6. The molecule has 114 valence electrons. The molecule has 1 unspecified atom stereocenters. The molecule has 0 saturated carbocycles. The first-order valence-electron chi connectivity index (χ1n) is 5.46. The van der Waals surface area contributed by atoms with Crippen molar-refractivity contribution in [3.8, 4) is 0 Å². The van der Waals surface area contributed by atoms with Crippen molar-refractivity contribution in [2.75, 3.05) is 12.0 Å². The first-order chi connectivity index (χ1) is 9.03. The van der Waals surface area contributed by atoms with Crippen LogP contribution in [0.4, 0.5) is 0 Å². The first kappa shape index (κ1) is 16.6. The summed E-state index contributed by atoms with van der Waals surface area (Å²) in [5.41, 5.74) is 0.254. The van der Waals surface area contributed by atoms with Gasteiger partial charge in [-0.2, -0.15) is 9.82 Å². The summed E-state index contributed by atoms with van der Waals surface area (Å²) in [6.45, 7) is 1.47. The molecule has 0 aliphatic heterocycles. The van der Waals surface area contributed by atoms with Crippen molar-refractivity contribution in [1.82, 2.24) is 14.9 Å². The zero-order valence-corrected chi connectivity index (χ0v) is 12.5. The predicted octanol–water partition coefficient (Wildman–Crippen LogP) is -1.12. The molecular weight excluding hydrogens is 310 g/mol. The van der Waals surface area contributed by atoms with Gasteiger partial charge in [0.05, 0.1) is 17.6 Å². The van der Waals surface area contributed by atoms with Gasteiger partial charge in [-0.15, -0.1) is 0 Å². The molecule has 0 amide bonds. The number of carboxylic acid groups (broad SMARTS) is 1. The molecule has 9 nitrogen and oxygen atoms in total. The van der Waals surface area contributed by atoms with E-state index >= 15 is 0 Å². The minimum atomic E-state index is -4.08. The van der Waals surface area contributed by atoms with E-state index in [-0.39, 0.29) is 17.0 Å². The summed E-state index contributed by atoms with van der Waals surface area (Å²) in [4.78, 5) is 10.8. The topological polar surface area (TPSA) is 146 Å². The van der Waals surface area contributed by atoms with E-state index in [9.17, 15) is 21.6 Å². The number of H-pyrrole nitrogens is 1. The molecule has 3 N–H and O–H groups in total. The molecule has 0 saturated heterocycles. The number of hydrogen-bond donors (Lipinski definition) is 3. The third-order valence-corrected chi connectivity index (χ3v) is 5.01. The molecule has 1 heterocycles. The molecule has 20 heavy (non-hydrogen) atoms. The van der Waals surface area contributed by atoms with Gasteiger partial charge in [0, 0.05) is 6.26 Å². The standard InChI is InChI=1S/C9H15N3O6S2/c1-6-8(5-10-11-6)20(17,18)12-7(9(13)14)3-4-19(2,15)16/h5,7,12H,3-4H2,1-2H3,(H,10,11)(H,13,14). The first-order valence-corrected chi connectivity index (χ1v) is 9.00. The second-order valence-electron chi connectivity index (χ2n) is 4.29. The Hall–Kier alpha value is -1.46. The van der Waals surface area contributed by atoms with Gasteiger partial charge >= 0.3 is 5.97 Å². The van der Waals surface area contributed by atoms with Crippen LogP contribution in [0.5, 0.6) is 0 Å². The number of aromatic amines is 1. The van der Waals surface area contributed by atoms with E-state index in [2.05, 4.69) is 10.2 Å². The molecule has 1 aromatic rings. The Morgan fingerprint density at radius 3 is 2.45 bits per heavy atom. The van der Waals surface area contributed by atoms with Crippen molar-refractivity contribution >= 4 is 25.8 Å². The van der Waals surface area contributed by atoms with Gasteiger partial charge in [0.15, 0.2) is 0 Å². The van der Waals surface area contributed by atoms with Gasteiger partial charge in [-0.1, -0.05) is 0 Å². The third-order valence-electron chi connectivity index (χ3n) is 2.45. The van der Waals surface area contributed by atoms with Crippen LogP contribution < -0.4 is 4.72 Å². The number of carboxylic acids is 1. The number of hydrogen-bond acceptors (Lipinski definition) is 6. The van der Waals surface area contributed by atoms with Crippen molar-refractivity contribution in [3.63, 3.8) is 0 Å². The van der Waals surface area contributed by atoms with Gasteiger partial charge in [0.1, 0.15) is 20.8 Å². The fourth-order valence-corrected chi connectivity index (χ4v) is 3.45. The van der Waals surface area contributed by atoms with Gasteiger partial charge in [0.2, 0.25) is 10.0 Å². The van der Waals surface area contributed by atoms with E-state index in [1.54, 1.807) is 0 Å². The van der Waals surface area contributed by atoms with E-state index in [1.165, 1.54) is 6.92 Å². The summed E-state index contributed by atoms with van der Waals surface area (Å²) in [5, 5.41) is 14.9. The quantitative estimate of drug-likeness (QED) is 0.575. The van der Waals surface area contributed by atoms with Crippen LogP contribution in [0.1, 0.15) is 12.1 Å². The van der Waals surface area contributed by atoms with E-state index in [0.717, 1.165) is 12.5 Å². The van der Waals surface area contributed by atoms with Crippen LogP contribution in [0.2, 0.25) is 0 Å². The SMILES string of the molecule is Cc1[nH]ncc1S(=O)(=O)NC(CCS(C)(=O)=O)C(=O)O. The van der Waals surface area contributed by atoms with Crippen LogP contribution in [0.3, 0.4) is 0 Å². The van der Waals surface area contributed by atoms with Gasteiger partial charge in [-0.25, -0.2) is 16.8 Å². The maximum atomic E-state index is 12.0. The Kier molecular flexibility index (Phi) is 4.89. The summed E-state index contributed by atoms with van der Waals surface area (Å²) < 4.78 is 47.9. The third kappa shape index (κ3) is 4.58. The molecule has 0 aromatic carbocycles. The Balaban J connectivity index is 2.91. The van der Waals surface area contributed by atoms with Crippen molar-refractivity contribution in [3.05, 3.63) is 11.9 Å². The molecule has 11 heteroatoms. The summed E-state index contributed by atoms with van der Waals surface area (Å²) in [5.74, 6) is -1.88. The van der Waals surface area contributed by atoms with E-state index in [1.807, 2.05) is 4.72 Å². The number of carbonyl (C=O) groups is 1. The number of rotatable bonds is 7. The Morgan fingerprint density at radius 2 is 2.05 bits per heavy atom. The predicted molar refractivity (Wildman–Crippen MR) is 69.4 cm³/mol. The molecule has 1 aromatic heterocycles. The molecule has 0 aliphatic rings. The summed E-state index contributed by atoms with van der Waals surface area (Å²) in [6, 6.07) is -1.52. The molecule has 0 spiro atoms. The van der Waals surface area contributed by atoms with Crippen molar-refractivity contribution < 1.29 is 26.7 Å². The Labute approximate surface area is 116 Å². The van der Waals surface area contributed by atoms with Gasteiger partial charge < -0.3 is 5.11 Å². The van der Waals surface area contributed by atoms with Crippen molar-refractivity contribution in [2.24, 2.45) is 0 Å². The number of sulfone groups is 1. The largest absolute Gasteiger partial charge is 0.480 e. The number of nitrogens with one attached hydrogen (secondary N) is 2. The number of nitrogens with zero attached hydrogens (tertiary/aromatic N) is 1. The highest BCUT2D eigenvalue weighted by Crippen LogP contribution is 2.12. The average Bonchev–Trinajstić information content (AvgIpc) is 2.69. The highest BCUT2D eigenvalue weighted by atomic mass is 32.2. The summed E-state index contributed by atoms with van der Waals surface area (Å²) in [6.07, 6.45) is 1.64. The van der Waals surface area contributed by atoms with Crippen LogP contribution in [0.25, 0.3) is 0 Å². The van der Waals surface area contributed by atoms with Gasteiger partial charge in [-0.3, -0.25) is 9.89 Å². The average molecular weight is 325 g/mol.